The fourth-order valence-corrected chi connectivity index (χ4v) is 1.92. The highest BCUT2D eigenvalue weighted by molar-refractivity contribution is 6.12. The Kier molecular flexibility index (Phi) is 4.87. The van der Waals surface area contributed by atoms with Crippen LogP contribution in [-0.4, -0.2) is 27.7 Å². The second-order valence-corrected chi connectivity index (χ2v) is 4.76. The number of aromatic nitrogens is 2. The Morgan fingerprint density at radius 1 is 1.19 bits per heavy atom. The Balaban J connectivity index is 2.00. The molecule has 0 atom stereocenters. The summed E-state index contributed by atoms with van der Waals surface area (Å²) in [6, 6.07) is 6.85. The standard InChI is InChI=1S/C16H18N2O3/c1-3-10-21-13-6-4-12(5-7-13)14(19)11-15(20)16-17-8-9-18(16)2/h4-9H,3,10-11H2,1-2H3. The van der Waals surface area contributed by atoms with E-state index in [0.29, 0.717) is 18.0 Å². The number of benzene rings is 1. The van der Waals surface area contributed by atoms with Crippen molar-refractivity contribution >= 4 is 11.6 Å². The molecule has 0 radical (unpaired) electrons. The summed E-state index contributed by atoms with van der Waals surface area (Å²) in [5.74, 6) is 0.527. The fourth-order valence-electron chi connectivity index (χ4n) is 1.92. The Morgan fingerprint density at radius 3 is 2.48 bits per heavy atom. The van der Waals surface area contributed by atoms with Gasteiger partial charge in [-0.2, -0.15) is 0 Å². The molecule has 0 aliphatic carbocycles. The van der Waals surface area contributed by atoms with E-state index < -0.39 is 0 Å². The van der Waals surface area contributed by atoms with Gasteiger partial charge >= 0.3 is 0 Å². The van der Waals surface area contributed by atoms with E-state index in [4.69, 9.17) is 4.74 Å². The van der Waals surface area contributed by atoms with Gasteiger partial charge in [-0.05, 0) is 30.7 Å². The van der Waals surface area contributed by atoms with Gasteiger partial charge in [0.25, 0.3) is 0 Å². The molecule has 5 nitrogen and oxygen atoms in total. The summed E-state index contributed by atoms with van der Waals surface area (Å²) in [5, 5.41) is 0. The van der Waals surface area contributed by atoms with Crippen LogP contribution in [0.25, 0.3) is 0 Å². The number of imidazole rings is 1. The first-order chi connectivity index (χ1) is 10.1. The van der Waals surface area contributed by atoms with E-state index in [-0.39, 0.29) is 18.0 Å². The molecule has 0 saturated carbocycles. The van der Waals surface area contributed by atoms with Crippen molar-refractivity contribution in [1.29, 1.82) is 0 Å². The van der Waals surface area contributed by atoms with Crippen LogP contribution in [-0.2, 0) is 7.05 Å². The molecular formula is C16H18N2O3. The summed E-state index contributed by atoms with van der Waals surface area (Å²) >= 11 is 0. The highest BCUT2D eigenvalue weighted by atomic mass is 16.5. The zero-order valence-corrected chi connectivity index (χ0v) is 12.2. The molecule has 0 spiro atoms. The van der Waals surface area contributed by atoms with Gasteiger partial charge in [0.1, 0.15) is 5.75 Å². The monoisotopic (exact) mass is 286 g/mol. The van der Waals surface area contributed by atoms with Crippen molar-refractivity contribution in [2.45, 2.75) is 19.8 Å². The van der Waals surface area contributed by atoms with E-state index in [1.807, 2.05) is 6.92 Å². The topological polar surface area (TPSA) is 61.2 Å². The SMILES string of the molecule is CCCOc1ccc(C(=O)CC(=O)c2nccn2C)cc1. The third-order valence-corrected chi connectivity index (χ3v) is 3.04. The summed E-state index contributed by atoms with van der Waals surface area (Å²) in [7, 11) is 1.73. The number of aryl methyl sites for hydroxylation is 1. The summed E-state index contributed by atoms with van der Waals surface area (Å²) < 4.78 is 7.06. The van der Waals surface area contributed by atoms with Crippen molar-refractivity contribution in [3.05, 3.63) is 48.0 Å². The molecule has 0 amide bonds. The number of carbonyl (C=O) groups is 2. The Labute approximate surface area is 123 Å². The molecule has 0 saturated heterocycles. The lowest BCUT2D eigenvalue weighted by molar-refractivity contribution is 0.0886. The maximum Gasteiger partial charge on any atom is 0.205 e. The zero-order chi connectivity index (χ0) is 15.2. The largest absolute Gasteiger partial charge is 0.494 e. The van der Waals surface area contributed by atoms with Crippen molar-refractivity contribution in [3.63, 3.8) is 0 Å². The normalized spacial score (nSPS) is 10.4. The average molecular weight is 286 g/mol. The minimum absolute atomic E-state index is 0.181. The van der Waals surface area contributed by atoms with E-state index >= 15 is 0 Å². The molecule has 110 valence electrons. The number of hydrogen-bond donors (Lipinski definition) is 0. The number of ketones is 2. The smallest absolute Gasteiger partial charge is 0.205 e. The lowest BCUT2D eigenvalue weighted by Crippen LogP contribution is -2.13. The van der Waals surface area contributed by atoms with Gasteiger partial charge in [0.05, 0.1) is 13.0 Å². The van der Waals surface area contributed by atoms with Crippen molar-refractivity contribution in [2.24, 2.45) is 7.05 Å². The summed E-state index contributed by atoms with van der Waals surface area (Å²) in [4.78, 5) is 28.0. The highest BCUT2D eigenvalue weighted by Gasteiger charge is 2.16. The number of rotatable bonds is 7. The van der Waals surface area contributed by atoms with Crippen LogP contribution < -0.4 is 4.74 Å². The number of nitrogens with zero attached hydrogens (tertiary/aromatic N) is 2. The van der Waals surface area contributed by atoms with Gasteiger partial charge in [-0.25, -0.2) is 4.98 Å². The number of ether oxygens (including phenoxy) is 1. The van der Waals surface area contributed by atoms with Crippen molar-refractivity contribution in [2.75, 3.05) is 6.61 Å². The van der Waals surface area contributed by atoms with Gasteiger partial charge in [0.2, 0.25) is 5.78 Å². The van der Waals surface area contributed by atoms with E-state index in [2.05, 4.69) is 4.98 Å². The molecule has 0 N–H and O–H groups in total. The van der Waals surface area contributed by atoms with Crippen LogP contribution in [0, 0.1) is 0 Å². The molecular weight excluding hydrogens is 268 g/mol. The third kappa shape index (κ3) is 3.78. The fraction of sp³-hybridized carbons (Fsp3) is 0.312. The molecule has 1 heterocycles. The number of carbonyl (C=O) groups excluding carboxylic acids is 2. The van der Waals surface area contributed by atoms with Crippen LogP contribution in [0.15, 0.2) is 36.7 Å². The van der Waals surface area contributed by atoms with Crippen LogP contribution in [0.5, 0.6) is 5.75 Å². The zero-order valence-electron chi connectivity index (χ0n) is 12.2. The van der Waals surface area contributed by atoms with E-state index in [1.165, 1.54) is 6.20 Å². The Hall–Kier alpha value is -2.43. The molecule has 0 fully saturated rings. The van der Waals surface area contributed by atoms with Crippen LogP contribution in [0.2, 0.25) is 0 Å². The van der Waals surface area contributed by atoms with Gasteiger partial charge in [0, 0.05) is 25.0 Å². The van der Waals surface area contributed by atoms with Gasteiger partial charge in [-0.1, -0.05) is 6.92 Å². The Morgan fingerprint density at radius 2 is 1.90 bits per heavy atom. The van der Waals surface area contributed by atoms with Crippen molar-refractivity contribution < 1.29 is 14.3 Å². The third-order valence-electron chi connectivity index (χ3n) is 3.04. The van der Waals surface area contributed by atoms with Gasteiger partial charge < -0.3 is 9.30 Å². The second kappa shape index (κ2) is 6.83. The molecule has 0 aliphatic heterocycles. The maximum absolute atomic E-state index is 12.1. The molecule has 0 aliphatic rings. The van der Waals surface area contributed by atoms with Crippen LogP contribution in [0.3, 0.4) is 0 Å². The van der Waals surface area contributed by atoms with Gasteiger partial charge in [-0.3, -0.25) is 9.59 Å². The molecule has 1 aromatic heterocycles. The van der Waals surface area contributed by atoms with Crippen molar-refractivity contribution in [3.8, 4) is 5.75 Å². The first kappa shape index (κ1) is 15.0. The number of Topliss-reactive ketones (excluding diaryl/α,β-unsaturated/α-hetero) is 2. The molecule has 5 heteroatoms. The van der Waals surface area contributed by atoms with Crippen LogP contribution >= 0.6 is 0 Å². The first-order valence-electron chi connectivity index (χ1n) is 6.88. The maximum atomic E-state index is 12.1. The summed E-state index contributed by atoms with van der Waals surface area (Å²) in [6.07, 6.45) is 3.97. The predicted octanol–water partition coefficient (Wildman–Crippen LogP) is 2.66. The molecule has 21 heavy (non-hydrogen) atoms. The molecule has 0 bridgehead atoms. The van der Waals surface area contributed by atoms with E-state index in [1.54, 1.807) is 42.1 Å². The minimum Gasteiger partial charge on any atom is -0.494 e. The van der Waals surface area contributed by atoms with E-state index in [9.17, 15) is 9.59 Å². The van der Waals surface area contributed by atoms with Gasteiger partial charge in [-0.15, -0.1) is 0 Å². The highest BCUT2D eigenvalue weighted by Crippen LogP contribution is 2.14. The van der Waals surface area contributed by atoms with Crippen LogP contribution in [0.1, 0.15) is 40.7 Å². The van der Waals surface area contributed by atoms with Crippen molar-refractivity contribution in [1.82, 2.24) is 9.55 Å². The molecule has 2 rings (SSSR count). The lowest BCUT2D eigenvalue weighted by atomic mass is 10.1. The second-order valence-electron chi connectivity index (χ2n) is 4.76. The summed E-state index contributed by atoms with van der Waals surface area (Å²) in [6.45, 7) is 2.67. The van der Waals surface area contributed by atoms with E-state index in [0.717, 1.165) is 12.2 Å². The van der Waals surface area contributed by atoms with Crippen LogP contribution in [0.4, 0.5) is 0 Å². The minimum atomic E-state index is -0.279. The predicted molar refractivity (Wildman–Crippen MR) is 78.7 cm³/mol. The molecule has 2 aromatic rings. The summed E-state index contributed by atoms with van der Waals surface area (Å²) in [5.41, 5.74) is 0.501. The molecule has 1 aromatic carbocycles. The average Bonchev–Trinajstić information content (AvgIpc) is 2.91. The quantitative estimate of drug-likeness (QED) is 0.580. The number of hydrogen-bond acceptors (Lipinski definition) is 4. The molecule has 0 unspecified atom stereocenters. The lowest BCUT2D eigenvalue weighted by Gasteiger charge is -2.05. The Bertz CT molecular complexity index is 629. The first-order valence-corrected chi connectivity index (χ1v) is 6.88. The van der Waals surface area contributed by atoms with Gasteiger partial charge in [0.15, 0.2) is 11.6 Å².